The number of ketones is 1. The predicted octanol–water partition coefficient (Wildman–Crippen LogP) is 1.01. The molecule has 5 nitrogen and oxygen atoms in total. The van der Waals surface area contributed by atoms with Crippen molar-refractivity contribution in [2.45, 2.75) is 0 Å². The van der Waals surface area contributed by atoms with Crippen molar-refractivity contribution in [3.8, 4) is 0 Å². The van der Waals surface area contributed by atoms with E-state index in [9.17, 15) is 9.59 Å². The molecule has 0 unspecified atom stereocenters. The van der Waals surface area contributed by atoms with Gasteiger partial charge in [0.2, 0.25) is 0 Å². The Hall–Kier alpha value is -1.40. The van der Waals surface area contributed by atoms with Crippen molar-refractivity contribution < 1.29 is 14.7 Å². The van der Waals surface area contributed by atoms with E-state index in [-0.39, 0.29) is 6.61 Å². The van der Waals surface area contributed by atoms with Crippen molar-refractivity contribution in [2.24, 2.45) is 0 Å². The van der Waals surface area contributed by atoms with Gasteiger partial charge in [0, 0.05) is 18.1 Å². The van der Waals surface area contributed by atoms with E-state index in [0.29, 0.717) is 17.8 Å². The van der Waals surface area contributed by atoms with Crippen LogP contribution in [0, 0.1) is 0 Å². The highest BCUT2D eigenvalue weighted by atomic mass is 79.9. The van der Waals surface area contributed by atoms with Crippen molar-refractivity contribution in [1.29, 1.82) is 0 Å². The van der Waals surface area contributed by atoms with Crippen LogP contribution in [0.15, 0.2) is 16.6 Å². The van der Waals surface area contributed by atoms with E-state index >= 15 is 0 Å². The van der Waals surface area contributed by atoms with Gasteiger partial charge in [-0.15, -0.1) is 0 Å². The molecule has 1 aromatic carbocycles. The number of aliphatic hydroxyl groups excluding tert-OH is 1. The molecule has 1 amide bonds. The Morgan fingerprint density at radius 2 is 2.12 bits per heavy atom. The smallest absolute Gasteiger partial charge is 0.296 e. The van der Waals surface area contributed by atoms with E-state index in [4.69, 9.17) is 5.11 Å². The molecule has 1 aliphatic heterocycles. The van der Waals surface area contributed by atoms with Crippen LogP contribution < -0.4 is 10.2 Å². The van der Waals surface area contributed by atoms with Gasteiger partial charge in [-0.2, -0.15) is 0 Å². The Labute approximate surface area is 107 Å². The summed E-state index contributed by atoms with van der Waals surface area (Å²) in [7, 11) is 1.82. The van der Waals surface area contributed by atoms with Crippen LogP contribution in [0.1, 0.15) is 10.4 Å². The van der Waals surface area contributed by atoms with Gasteiger partial charge in [0.25, 0.3) is 11.7 Å². The monoisotopic (exact) mass is 298 g/mol. The number of anilines is 2. The van der Waals surface area contributed by atoms with Crippen LogP contribution in [0.5, 0.6) is 0 Å². The Kier molecular flexibility index (Phi) is 3.17. The molecule has 17 heavy (non-hydrogen) atoms. The molecule has 0 radical (unpaired) electrons. The molecule has 0 saturated heterocycles. The second-order valence-electron chi connectivity index (χ2n) is 3.78. The molecule has 6 heteroatoms. The second-order valence-corrected chi connectivity index (χ2v) is 4.63. The zero-order valence-electron chi connectivity index (χ0n) is 9.16. The molecule has 0 aromatic heterocycles. The summed E-state index contributed by atoms with van der Waals surface area (Å²) in [6.07, 6.45) is 0. The number of amides is 1. The fourth-order valence-electron chi connectivity index (χ4n) is 1.72. The summed E-state index contributed by atoms with van der Waals surface area (Å²) in [5.41, 5.74) is 1.71. The van der Waals surface area contributed by atoms with Crippen molar-refractivity contribution in [3.63, 3.8) is 0 Å². The normalized spacial score (nSPS) is 13.6. The minimum atomic E-state index is -0.603. The van der Waals surface area contributed by atoms with Gasteiger partial charge >= 0.3 is 0 Å². The third-order valence-corrected chi connectivity index (χ3v) is 3.27. The quantitative estimate of drug-likeness (QED) is 0.817. The molecule has 1 aliphatic rings. The third-order valence-electron chi connectivity index (χ3n) is 2.63. The fourth-order valence-corrected chi connectivity index (χ4v) is 2.36. The highest BCUT2D eigenvalue weighted by Gasteiger charge is 2.29. The standard InChI is InChI=1S/C11H11BrN2O3/c1-14(2-3-15)9-5-8-6(4-7(9)12)10(16)11(17)13-8/h4-5,15H,2-3H2,1H3,(H,13,16,17). The van der Waals surface area contributed by atoms with Crippen LogP contribution in [-0.4, -0.2) is 37.0 Å². The van der Waals surface area contributed by atoms with Gasteiger partial charge in [-0.05, 0) is 28.1 Å². The highest BCUT2D eigenvalue weighted by molar-refractivity contribution is 9.10. The number of hydrogen-bond acceptors (Lipinski definition) is 4. The van der Waals surface area contributed by atoms with E-state index in [1.807, 2.05) is 11.9 Å². The highest BCUT2D eigenvalue weighted by Crippen LogP contribution is 2.34. The van der Waals surface area contributed by atoms with Gasteiger partial charge in [0.1, 0.15) is 0 Å². The summed E-state index contributed by atoms with van der Waals surface area (Å²) < 4.78 is 0.719. The summed E-state index contributed by atoms with van der Waals surface area (Å²) in [5.74, 6) is -1.12. The lowest BCUT2D eigenvalue weighted by Gasteiger charge is -2.20. The molecule has 0 atom stereocenters. The topological polar surface area (TPSA) is 69.6 Å². The molecule has 1 heterocycles. The zero-order chi connectivity index (χ0) is 12.6. The van der Waals surface area contributed by atoms with Gasteiger partial charge in [-0.3, -0.25) is 9.59 Å². The number of carbonyl (C=O) groups is 2. The Morgan fingerprint density at radius 3 is 2.76 bits per heavy atom. The van der Waals surface area contributed by atoms with E-state index in [1.54, 1.807) is 12.1 Å². The van der Waals surface area contributed by atoms with Gasteiger partial charge < -0.3 is 15.3 Å². The molecule has 1 aromatic rings. The molecular formula is C11H11BrN2O3. The number of aliphatic hydroxyl groups is 1. The fraction of sp³-hybridized carbons (Fsp3) is 0.273. The minimum Gasteiger partial charge on any atom is -0.395 e. The van der Waals surface area contributed by atoms with Crippen LogP contribution in [0.3, 0.4) is 0 Å². The number of likely N-dealkylation sites (N-methyl/N-ethyl adjacent to an activating group) is 1. The first-order valence-electron chi connectivity index (χ1n) is 5.06. The first kappa shape index (κ1) is 12.1. The summed E-state index contributed by atoms with van der Waals surface area (Å²) in [6, 6.07) is 3.34. The average molecular weight is 299 g/mol. The molecule has 0 aliphatic carbocycles. The SMILES string of the molecule is CN(CCO)c1cc2c(cc1Br)C(=O)C(=O)N2. The van der Waals surface area contributed by atoms with Crippen molar-refractivity contribution in [2.75, 3.05) is 30.4 Å². The molecule has 0 spiro atoms. The van der Waals surface area contributed by atoms with Gasteiger partial charge in [0.15, 0.2) is 0 Å². The number of halogens is 1. The van der Waals surface area contributed by atoms with Crippen LogP contribution in [0.2, 0.25) is 0 Å². The zero-order valence-corrected chi connectivity index (χ0v) is 10.7. The van der Waals surface area contributed by atoms with Crippen molar-refractivity contribution in [1.82, 2.24) is 0 Å². The predicted molar refractivity (Wildman–Crippen MR) is 67.5 cm³/mol. The van der Waals surface area contributed by atoms with Crippen LogP contribution in [0.4, 0.5) is 11.4 Å². The summed E-state index contributed by atoms with van der Waals surface area (Å²) in [6.45, 7) is 0.505. The van der Waals surface area contributed by atoms with Gasteiger partial charge in [-0.25, -0.2) is 0 Å². The number of nitrogens with zero attached hydrogens (tertiary/aromatic N) is 1. The minimum absolute atomic E-state index is 0.0331. The summed E-state index contributed by atoms with van der Waals surface area (Å²) in [5, 5.41) is 11.4. The van der Waals surface area contributed by atoms with Gasteiger partial charge in [-0.1, -0.05) is 0 Å². The van der Waals surface area contributed by atoms with Gasteiger partial charge in [0.05, 0.1) is 23.5 Å². The number of Topliss-reactive ketones (excluding diaryl/α,β-unsaturated/α-hetero) is 1. The number of benzene rings is 1. The maximum Gasteiger partial charge on any atom is 0.296 e. The maximum absolute atomic E-state index is 11.5. The lowest BCUT2D eigenvalue weighted by molar-refractivity contribution is -0.112. The first-order chi connectivity index (χ1) is 8.04. The Balaban J connectivity index is 2.43. The molecular weight excluding hydrogens is 288 g/mol. The van der Waals surface area contributed by atoms with Crippen LogP contribution in [-0.2, 0) is 4.79 Å². The van der Waals surface area contributed by atoms with E-state index in [1.165, 1.54) is 0 Å². The molecule has 2 rings (SSSR count). The summed E-state index contributed by atoms with van der Waals surface area (Å²) >= 11 is 3.35. The number of rotatable bonds is 3. The Bertz CT molecular complexity index is 502. The first-order valence-corrected chi connectivity index (χ1v) is 5.85. The van der Waals surface area contributed by atoms with Crippen LogP contribution in [0.25, 0.3) is 0 Å². The number of carbonyl (C=O) groups excluding carboxylic acids is 2. The third kappa shape index (κ3) is 2.05. The van der Waals surface area contributed by atoms with Crippen LogP contribution >= 0.6 is 15.9 Å². The molecule has 2 N–H and O–H groups in total. The molecule has 0 fully saturated rings. The lowest BCUT2D eigenvalue weighted by atomic mass is 10.1. The second kappa shape index (κ2) is 4.46. The molecule has 0 bridgehead atoms. The number of hydrogen-bond donors (Lipinski definition) is 2. The van der Waals surface area contributed by atoms with E-state index in [0.717, 1.165) is 10.2 Å². The lowest BCUT2D eigenvalue weighted by Crippen LogP contribution is -2.21. The maximum atomic E-state index is 11.5. The van der Waals surface area contributed by atoms with Crippen molar-refractivity contribution in [3.05, 3.63) is 22.2 Å². The number of nitrogens with one attached hydrogen (secondary N) is 1. The van der Waals surface area contributed by atoms with Crippen molar-refractivity contribution >= 4 is 39.0 Å². The van der Waals surface area contributed by atoms with E-state index in [2.05, 4.69) is 21.2 Å². The summed E-state index contributed by atoms with van der Waals surface area (Å²) in [4.78, 5) is 24.5. The Morgan fingerprint density at radius 1 is 1.41 bits per heavy atom. The molecule has 0 saturated carbocycles. The molecule has 90 valence electrons. The average Bonchev–Trinajstić information content (AvgIpc) is 2.55. The number of fused-ring (bicyclic) bond motifs is 1. The van der Waals surface area contributed by atoms with E-state index < -0.39 is 11.7 Å². The largest absolute Gasteiger partial charge is 0.395 e.